The fraction of sp³-hybridized carbons (Fsp3) is 0. The molecule has 0 fully saturated rings. The van der Waals surface area contributed by atoms with Crippen molar-refractivity contribution < 1.29 is 9.59 Å². The molecule has 0 saturated carbocycles. The third kappa shape index (κ3) is 2.56. The molecule has 86 valence electrons. The molecule has 0 bridgehead atoms. The topological polar surface area (TPSA) is 86.2 Å². The van der Waals surface area contributed by atoms with E-state index in [-0.39, 0.29) is 11.1 Å². The second-order valence-corrected chi connectivity index (χ2v) is 6.32. The van der Waals surface area contributed by atoms with Crippen LogP contribution in [-0.2, 0) is 0 Å². The van der Waals surface area contributed by atoms with Gasteiger partial charge in [0.2, 0.25) is 0 Å². The molecule has 0 radical (unpaired) electrons. The first kappa shape index (κ1) is 14.7. The number of hydrogen-bond acceptors (Lipinski definition) is 3. The number of carbonyl (C=O) groups excluding carboxylic acids is 2. The second-order valence-electron chi connectivity index (χ2n) is 2.74. The molecular formula is C8H4ClI3N2O2. The highest BCUT2D eigenvalue weighted by Crippen LogP contribution is 2.34. The molecule has 0 spiro atoms. The molecule has 0 aliphatic carbocycles. The van der Waals surface area contributed by atoms with E-state index in [2.05, 4.69) is 0 Å². The summed E-state index contributed by atoms with van der Waals surface area (Å²) in [7, 11) is 0. The van der Waals surface area contributed by atoms with Gasteiger partial charge in [0.15, 0.2) is 0 Å². The lowest BCUT2D eigenvalue weighted by Gasteiger charge is -2.12. The van der Waals surface area contributed by atoms with E-state index in [1.54, 1.807) is 0 Å². The van der Waals surface area contributed by atoms with Gasteiger partial charge in [-0.15, -0.1) is 0 Å². The molecule has 1 aromatic carbocycles. The first-order valence-electron chi connectivity index (χ1n) is 3.74. The van der Waals surface area contributed by atoms with Crippen molar-refractivity contribution in [1.29, 1.82) is 0 Å². The quantitative estimate of drug-likeness (QED) is 0.323. The Bertz CT molecular complexity index is 464. The Hall–Kier alpha value is 0.640. The van der Waals surface area contributed by atoms with E-state index in [1.165, 1.54) is 0 Å². The molecule has 0 unspecified atom stereocenters. The summed E-state index contributed by atoms with van der Waals surface area (Å²) in [5.41, 5.74) is 11.9. The SMILES string of the molecule is NC(=O)c1c(I)c(N)c(I)c(C(=O)Cl)c1I. The molecule has 4 nitrogen and oxygen atoms in total. The number of benzene rings is 1. The minimum atomic E-state index is -0.653. The number of halogens is 4. The van der Waals surface area contributed by atoms with Crippen molar-refractivity contribution in [1.82, 2.24) is 0 Å². The summed E-state index contributed by atoms with van der Waals surface area (Å²) in [6.07, 6.45) is 0. The van der Waals surface area contributed by atoms with Gasteiger partial charge in [0.25, 0.3) is 11.1 Å². The number of rotatable bonds is 2. The molecule has 1 amide bonds. The minimum Gasteiger partial charge on any atom is -0.397 e. The molecule has 8 heteroatoms. The van der Waals surface area contributed by atoms with Crippen LogP contribution < -0.4 is 11.5 Å². The normalized spacial score (nSPS) is 10.2. The standard InChI is InChI=1S/C8H4ClI3N2O2/c9-7(15)1-3(10)2(8(14)16)5(12)6(13)4(1)11/h13H2,(H2,14,16). The first-order chi connectivity index (χ1) is 7.29. The summed E-state index contributed by atoms with van der Waals surface area (Å²) in [6, 6.07) is 0. The van der Waals surface area contributed by atoms with Gasteiger partial charge in [-0.25, -0.2) is 0 Å². The molecule has 1 aromatic rings. The number of anilines is 1. The van der Waals surface area contributed by atoms with Crippen molar-refractivity contribution in [3.63, 3.8) is 0 Å². The van der Waals surface area contributed by atoms with Gasteiger partial charge in [-0.1, -0.05) is 0 Å². The van der Waals surface area contributed by atoms with Crippen molar-refractivity contribution in [3.05, 3.63) is 21.8 Å². The lowest BCUT2D eigenvalue weighted by atomic mass is 10.1. The van der Waals surface area contributed by atoms with Crippen molar-refractivity contribution in [2.75, 3.05) is 5.73 Å². The zero-order valence-electron chi connectivity index (χ0n) is 7.48. The van der Waals surface area contributed by atoms with Crippen LogP contribution in [0, 0.1) is 10.7 Å². The van der Waals surface area contributed by atoms with Gasteiger partial charge >= 0.3 is 0 Å². The number of nitrogens with two attached hydrogens (primary N) is 2. The Labute approximate surface area is 137 Å². The monoisotopic (exact) mass is 576 g/mol. The number of nitrogen functional groups attached to an aromatic ring is 1. The lowest BCUT2D eigenvalue weighted by Crippen LogP contribution is -2.19. The maximum absolute atomic E-state index is 11.3. The summed E-state index contributed by atoms with van der Waals surface area (Å²) < 4.78 is 1.52. The highest BCUT2D eigenvalue weighted by Gasteiger charge is 2.24. The number of amides is 1. The number of primary amides is 1. The zero-order chi connectivity index (χ0) is 12.6. The van der Waals surface area contributed by atoms with E-state index in [1.807, 2.05) is 67.8 Å². The molecule has 16 heavy (non-hydrogen) atoms. The summed E-state index contributed by atoms with van der Waals surface area (Å²) in [5.74, 6) is -0.629. The van der Waals surface area contributed by atoms with Crippen LogP contribution in [0.4, 0.5) is 5.69 Å². The van der Waals surface area contributed by atoms with Crippen LogP contribution in [0.15, 0.2) is 0 Å². The van der Waals surface area contributed by atoms with Crippen LogP contribution in [0.5, 0.6) is 0 Å². The molecule has 0 aromatic heterocycles. The predicted octanol–water partition coefficient (Wildman–Crippen LogP) is 2.56. The van der Waals surface area contributed by atoms with E-state index >= 15 is 0 Å². The van der Waals surface area contributed by atoms with Crippen LogP contribution >= 0.6 is 79.4 Å². The third-order valence-corrected chi connectivity index (χ3v) is 5.30. The summed E-state index contributed by atoms with van der Waals surface area (Å²) >= 11 is 11.2. The van der Waals surface area contributed by atoms with E-state index in [9.17, 15) is 9.59 Å². The van der Waals surface area contributed by atoms with E-state index in [4.69, 9.17) is 23.1 Å². The molecule has 4 N–H and O–H groups in total. The van der Waals surface area contributed by atoms with E-state index < -0.39 is 11.1 Å². The molecule has 0 aliphatic heterocycles. The Kier molecular flexibility index (Phi) is 5.07. The van der Waals surface area contributed by atoms with E-state index in [0.29, 0.717) is 16.4 Å². The Morgan fingerprint density at radius 3 is 1.81 bits per heavy atom. The molecule has 0 saturated heterocycles. The van der Waals surface area contributed by atoms with Crippen LogP contribution in [0.25, 0.3) is 0 Å². The zero-order valence-corrected chi connectivity index (χ0v) is 14.7. The number of carbonyl (C=O) groups is 2. The fourth-order valence-corrected chi connectivity index (χ4v) is 5.77. The van der Waals surface area contributed by atoms with Gasteiger partial charge < -0.3 is 11.5 Å². The molecule has 0 atom stereocenters. The molecule has 0 heterocycles. The fourth-order valence-electron chi connectivity index (χ4n) is 1.07. The van der Waals surface area contributed by atoms with Crippen LogP contribution in [-0.4, -0.2) is 11.1 Å². The lowest BCUT2D eigenvalue weighted by molar-refractivity contribution is 0.0998. The molecule has 0 aliphatic rings. The number of hydrogen-bond donors (Lipinski definition) is 2. The Morgan fingerprint density at radius 1 is 1.00 bits per heavy atom. The van der Waals surface area contributed by atoms with Crippen LogP contribution in [0.2, 0.25) is 0 Å². The van der Waals surface area contributed by atoms with Gasteiger partial charge in [-0.3, -0.25) is 9.59 Å². The minimum absolute atomic E-state index is 0.231. The Balaban J connectivity index is 3.80. The highest BCUT2D eigenvalue weighted by molar-refractivity contribution is 14.1. The van der Waals surface area contributed by atoms with Crippen molar-refractivity contribution in [2.24, 2.45) is 5.73 Å². The summed E-state index contributed by atoms with van der Waals surface area (Å²) in [6.45, 7) is 0. The largest absolute Gasteiger partial charge is 0.397 e. The van der Waals surface area contributed by atoms with Crippen LogP contribution in [0.3, 0.4) is 0 Å². The second kappa shape index (κ2) is 5.52. The average molecular weight is 576 g/mol. The van der Waals surface area contributed by atoms with Gasteiger partial charge in [-0.2, -0.15) is 0 Å². The average Bonchev–Trinajstić information content (AvgIpc) is 2.13. The Morgan fingerprint density at radius 2 is 1.44 bits per heavy atom. The van der Waals surface area contributed by atoms with Crippen LogP contribution in [0.1, 0.15) is 20.7 Å². The molecular weight excluding hydrogens is 572 g/mol. The predicted molar refractivity (Wildman–Crippen MR) is 87.7 cm³/mol. The van der Waals surface area contributed by atoms with Crippen molar-refractivity contribution in [3.8, 4) is 0 Å². The summed E-state index contributed by atoms with van der Waals surface area (Å²) in [5, 5.41) is -0.653. The maximum Gasteiger partial charge on any atom is 0.254 e. The van der Waals surface area contributed by atoms with Crippen molar-refractivity contribution >= 4 is 96.2 Å². The van der Waals surface area contributed by atoms with Crippen molar-refractivity contribution in [2.45, 2.75) is 0 Å². The maximum atomic E-state index is 11.3. The van der Waals surface area contributed by atoms with E-state index in [0.717, 1.165) is 0 Å². The smallest absolute Gasteiger partial charge is 0.254 e. The highest BCUT2D eigenvalue weighted by atomic mass is 127. The first-order valence-corrected chi connectivity index (χ1v) is 7.36. The van der Waals surface area contributed by atoms with Gasteiger partial charge in [0.1, 0.15) is 0 Å². The van der Waals surface area contributed by atoms with Gasteiger partial charge in [0.05, 0.1) is 24.0 Å². The van der Waals surface area contributed by atoms with Gasteiger partial charge in [-0.05, 0) is 79.4 Å². The van der Waals surface area contributed by atoms with Gasteiger partial charge in [0, 0.05) is 3.57 Å². The molecule has 1 rings (SSSR count). The summed E-state index contributed by atoms with van der Waals surface area (Å²) in [4.78, 5) is 22.6. The third-order valence-electron chi connectivity index (χ3n) is 1.79.